The van der Waals surface area contributed by atoms with Crippen LogP contribution >= 0.6 is 27.7 Å². The molecule has 7 heteroatoms. The number of aromatic nitrogens is 2. The van der Waals surface area contributed by atoms with Crippen LogP contribution in [-0.4, -0.2) is 17.1 Å². The third-order valence-electron chi connectivity index (χ3n) is 3.13. The first-order chi connectivity index (χ1) is 9.72. The van der Waals surface area contributed by atoms with E-state index in [0.717, 1.165) is 38.5 Å². The highest BCUT2D eigenvalue weighted by Gasteiger charge is 2.20. The van der Waals surface area contributed by atoms with Crippen LogP contribution in [0.1, 0.15) is 11.3 Å². The molecule has 2 aromatic rings. The Morgan fingerprint density at radius 3 is 2.95 bits per heavy atom. The lowest BCUT2D eigenvalue weighted by Crippen LogP contribution is -2.12. The molecule has 3 N–H and O–H groups in total. The lowest BCUT2D eigenvalue weighted by molar-refractivity contribution is 0.415. The molecule has 1 aromatic heterocycles. The Labute approximate surface area is 129 Å². The van der Waals surface area contributed by atoms with Crippen LogP contribution in [-0.2, 0) is 11.5 Å². The van der Waals surface area contributed by atoms with Crippen molar-refractivity contribution in [3.8, 4) is 17.1 Å². The van der Waals surface area contributed by atoms with Gasteiger partial charge >= 0.3 is 0 Å². The first-order valence-corrected chi connectivity index (χ1v) is 7.95. The van der Waals surface area contributed by atoms with Crippen LogP contribution in [0, 0.1) is 0 Å². The number of hydrazine groups is 1. The summed E-state index contributed by atoms with van der Waals surface area (Å²) in [6, 6.07) is 5.72. The molecular weight excluding hydrogens is 340 g/mol. The Hall–Kier alpha value is -1.31. The summed E-state index contributed by atoms with van der Waals surface area (Å²) in [5, 5.41) is 0. The number of hydrogen-bond donors (Lipinski definition) is 2. The predicted molar refractivity (Wildman–Crippen MR) is 84.5 cm³/mol. The number of halogens is 1. The molecule has 1 aliphatic rings. The van der Waals surface area contributed by atoms with Gasteiger partial charge in [-0.25, -0.2) is 15.8 Å². The lowest BCUT2D eigenvalue weighted by atomic mass is 10.1. The molecule has 3 rings (SSSR count). The lowest BCUT2D eigenvalue weighted by Gasteiger charge is -2.11. The second-order valence-electron chi connectivity index (χ2n) is 4.30. The number of ether oxygens (including phenoxy) is 1. The van der Waals surface area contributed by atoms with E-state index in [0.29, 0.717) is 11.6 Å². The van der Waals surface area contributed by atoms with Gasteiger partial charge in [-0.1, -0.05) is 15.9 Å². The van der Waals surface area contributed by atoms with Crippen LogP contribution in [0.5, 0.6) is 5.75 Å². The number of nitrogens with two attached hydrogens (primary N) is 1. The molecule has 1 aromatic carbocycles. The zero-order valence-corrected chi connectivity index (χ0v) is 13.2. The molecule has 0 radical (unpaired) electrons. The molecule has 0 fully saturated rings. The van der Waals surface area contributed by atoms with E-state index in [1.807, 2.05) is 30.0 Å². The standard InChI is InChI=1S/C13H13BrN4OS/c1-19-7-2-3-10(14)8(4-7)12-16-11-6-20-5-9(11)13(17-12)18-15/h2-4H,5-6,15H2,1H3,(H,16,17,18). The van der Waals surface area contributed by atoms with Crippen LogP contribution in [0.2, 0.25) is 0 Å². The Morgan fingerprint density at radius 2 is 2.20 bits per heavy atom. The van der Waals surface area contributed by atoms with Crippen molar-refractivity contribution in [2.24, 2.45) is 5.84 Å². The molecule has 0 amide bonds. The van der Waals surface area contributed by atoms with E-state index in [1.54, 1.807) is 7.11 Å². The summed E-state index contributed by atoms with van der Waals surface area (Å²) in [7, 11) is 1.64. The number of fused-ring (bicyclic) bond motifs is 1. The maximum atomic E-state index is 5.58. The first kappa shape index (κ1) is 13.7. The minimum absolute atomic E-state index is 0.643. The van der Waals surface area contributed by atoms with Crippen LogP contribution < -0.4 is 16.0 Å². The molecule has 5 nitrogen and oxygen atoms in total. The second-order valence-corrected chi connectivity index (χ2v) is 6.14. The summed E-state index contributed by atoms with van der Waals surface area (Å²) >= 11 is 5.34. The number of nitrogens with zero attached hydrogens (tertiary/aromatic N) is 2. The maximum Gasteiger partial charge on any atom is 0.163 e. The summed E-state index contributed by atoms with van der Waals surface area (Å²) in [5.74, 6) is 9.48. The van der Waals surface area contributed by atoms with Crippen molar-refractivity contribution in [3.63, 3.8) is 0 Å². The molecule has 20 heavy (non-hydrogen) atoms. The fourth-order valence-electron chi connectivity index (χ4n) is 2.09. The molecule has 0 spiro atoms. The van der Waals surface area contributed by atoms with E-state index >= 15 is 0 Å². The summed E-state index contributed by atoms with van der Waals surface area (Å²) in [6.07, 6.45) is 0. The molecule has 0 bridgehead atoms. The quantitative estimate of drug-likeness (QED) is 0.653. The van der Waals surface area contributed by atoms with Gasteiger partial charge in [0.15, 0.2) is 5.82 Å². The zero-order chi connectivity index (χ0) is 14.1. The summed E-state index contributed by atoms with van der Waals surface area (Å²) in [5.41, 5.74) is 5.71. The number of nitrogens with one attached hydrogen (secondary N) is 1. The number of methoxy groups -OCH3 is 1. The van der Waals surface area contributed by atoms with Crippen LogP contribution in [0.3, 0.4) is 0 Å². The molecule has 0 saturated carbocycles. The van der Waals surface area contributed by atoms with Crippen molar-refractivity contribution in [1.29, 1.82) is 0 Å². The van der Waals surface area contributed by atoms with Gasteiger partial charge in [0.25, 0.3) is 0 Å². The minimum atomic E-state index is 0.643. The van der Waals surface area contributed by atoms with E-state index in [9.17, 15) is 0 Å². The average Bonchev–Trinajstić information content (AvgIpc) is 2.95. The maximum absolute atomic E-state index is 5.58. The minimum Gasteiger partial charge on any atom is -0.497 e. The molecule has 0 saturated heterocycles. The topological polar surface area (TPSA) is 73.1 Å². The van der Waals surface area contributed by atoms with Crippen molar-refractivity contribution in [2.45, 2.75) is 11.5 Å². The van der Waals surface area contributed by atoms with Gasteiger partial charge in [-0.2, -0.15) is 11.8 Å². The summed E-state index contributed by atoms with van der Waals surface area (Å²) in [4.78, 5) is 9.18. The van der Waals surface area contributed by atoms with Crippen LogP contribution in [0.15, 0.2) is 22.7 Å². The number of hydrogen-bond acceptors (Lipinski definition) is 6. The fraction of sp³-hybridized carbons (Fsp3) is 0.231. The Bertz CT molecular complexity index is 665. The predicted octanol–water partition coefficient (Wildman–Crippen LogP) is 2.95. The highest BCUT2D eigenvalue weighted by molar-refractivity contribution is 9.10. The Balaban J connectivity index is 2.15. The molecule has 104 valence electrons. The van der Waals surface area contributed by atoms with E-state index < -0.39 is 0 Å². The van der Waals surface area contributed by atoms with Gasteiger partial charge in [-0.05, 0) is 18.2 Å². The van der Waals surface area contributed by atoms with Gasteiger partial charge in [0.05, 0.1) is 12.8 Å². The molecule has 0 aliphatic carbocycles. The summed E-state index contributed by atoms with van der Waals surface area (Å²) < 4.78 is 6.18. The van der Waals surface area contributed by atoms with Crippen molar-refractivity contribution in [1.82, 2.24) is 9.97 Å². The van der Waals surface area contributed by atoms with E-state index in [4.69, 9.17) is 10.6 Å². The first-order valence-electron chi connectivity index (χ1n) is 6.01. The van der Waals surface area contributed by atoms with Crippen molar-refractivity contribution < 1.29 is 4.74 Å². The molecular formula is C13H13BrN4OS. The molecule has 2 heterocycles. The number of nitrogen functional groups attached to an aromatic ring is 1. The average molecular weight is 353 g/mol. The van der Waals surface area contributed by atoms with E-state index in [1.165, 1.54) is 0 Å². The SMILES string of the molecule is COc1ccc(Br)c(-c2nc3c(c(NN)n2)CSC3)c1. The number of anilines is 1. The normalized spacial score (nSPS) is 13.2. The molecule has 1 aliphatic heterocycles. The Kier molecular flexibility index (Phi) is 3.82. The zero-order valence-electron chi connectivity index (χ0n) is 10.8. The van der Waals surface area contributed by atoms with Gasteiger partial charge in [0.1, 0.15) is 11.6 Å². The largest absolute Gasteiger partial charge is 0.497 e. The van der Waals surface area contributed by atoms with E-state index in [2.05, 4.69) is 31.3 Å². The van der Waals surface area contributed by atoms with Crippen LogP contribution in [0.25, 0.3) is 11.4 Å². The van der Waals surface area contributed by atoms with Crippen LogP contribution in [0.4, 0.5) is 5.82 Å². The van der Waals surface area contributed by atoms with E-state index in [-0.39, 0.29) is 0 Å². The molecule has 0 unspecified atom stereocenters. The van der Waals surface area contributed by atoms with Crippen molar-refractivity contribution >= 4 is 33.5 Å². The summed E-state index contributed by atoms with van der Waals surface area (Å²) in [6.45, 7) is 0. The van der Waals surface area contributed by atoms with Gasteiger partial charge in [-0.15, -0.1) is 0 Å². The Morgan fingerprint density at radius 1 is 1.35 bits per heavy atom. The second kappa shape index (κ2) is 5.59. The highest BCUT2D eigenvalue weighted by Crippen LogP contribution is 2.36. The number of benzene rings is 1. The highest BCUT2D eigenvalue weighted by atomic mass is 79.9. The van der Waals surface area contributed by atoms with Gasteiger partial charge in [0, 0.05) is 27.1 Å². The van der Waals surface area contributed by atoms with Gasteiger partial charge < -0.3 is 10.2 Å². The van der Waals surface area contributed by atoms with Gasteiger partial charge in [0.2, 0.25) is 0 Å². The monoisotopic (exact) mass is 352 g/mol. The third kappa shape index (κ3) is 2.36. The van der Waals surface area contributed by atoms with Crippen molar-refractivity contribution in [3.05, 3.63) is 33.9 Å². The fourth-order valence-corrected chi connectivity index (χ4v) is 3.56. The third-order valence-corrected chi connectivity index (χ3v) is 4.79. The molecule has 0 atom stereocenters. The number of rotatable bonds is 3. The van der Waals surface area contributed by atoms with Crippen molar-refractivity contribution in [2.75, 3.05) is 12.5 Å². The van der Waals surface area contributed by atoms with Gasteiger partial charge in [-0.3, -0.25) is 0 Å². The smallest absolute Gasteiger partial charge is 0.163 e. The number of thioether (sulfide) groups is 1.